The fourth-order valence-corrected chi connectivity index (χ4v) is 3.13. The largest absolute Gasteiger partial charge is 0.493 e. The van der Waals surface area contributed by atoms with Gasteiger partial charge in [-0.05, 0) is 45.4 Å². The zero-order valence-electron chi connectivity index (χ0n) is 17.4. The molecule has 158 valence electrons. The van der Waals surface area contributed by atoms with Crippen molar-refractivity contribution in [2.24, 2.45) is 5.73 Å². The van der Waals surface area contributed by atoms with Gasteiger partial charge in [-0.2, -0.15) is 0 Å². The highest BCUT2D eigenvalue weighted by molar-refractivity contribution is 5.99. The number of hydrogen-bond donors (Lipinski definition) is 1. The minimum absolute atomic E-state index is 0.0340. The van der Waals surface area contributed by atoms with E-state index in [1.807, 2.05) is 6.92 Å². The molecule has 0 aliphatic carbocycles. The Morgan fingerprint density at radius 2 is 1.62 bits per heavy atom. The number of methoxy groups -OCH3 is 1. The van der Waals surface area contributed by atoms with Crippen LogP contribution in [-0.4, -0.2) is 38.9 Å². The number of hydrogen-bond acceptors (Lipinski definition) is 8. The van der Waals surface area contributed by atoms with Crippen LogP contribution in [0.2, 0.25) is 0 Å². The quantitative estimate of drug-likeness (QED) is 0.658. The van der Waals surface area contributed by atoms with Crippen LogP contribution in [0, 0.1) is 0 Å². The normalized spacial score (nSPS) is 16.2. The van der Waals surface area contributed by atoms with Crippen molar-refractivity contribution >= 4 is 11.9 Å². The monoisotopic (exact) mass is 405 g/mol. The summed E-state index contributed by atoms with van der Waals surface area (Å²) < 4.78 is 26.8. The molecule has 0 radical (unpaired) electrons. The van der Waals surface area contributed by atoms with Crippen molar-refractivity contribution < 1.29 is 33.3 Å². The summed E-state index contributed by atoms with van der Waals surface area (Å²) in [6.07, 6.45) is 0. The van der Waals surface area contributed by atoms with E-state index in [1.165, 1.54) is 7.11 Å². The Morgan fingerprint density at radius 1 is 1.00 bits per heavy atom. The Hall–Kier alpha value is -3.16. The number of carbonyl (C=O) groups is 2. The molecule has 0 saturated heterocycles. The summed E-state index contributed by atoms with van der Waals surface area (Å²) in [5, 5.41) is 0. The van der Waals surface area contributed by atoms with E-state index in [0.29, 0.717) is 23.7 Å². The van der Waals surface area contributed by atoms with Gasteiger partial charge in [0.1, 0.15) is 11.3 Å². The van der Waals surface area contributed by atoms with Crippen LogP contribution in [0.1, 0.15) is 39.2 Å². The maximum Gasteiger partial charge on any atom is 0.340 e. The molecule has 1 aromatic rings. The maximum absolute atomic E-state index is 12.7. The van der Waals surface area contributed by atoms with E-state index >= 15 is 0 Å². The van der Waals surface area contributed by atoms with Crippen molar-refractivity contribution in [1.29, 1.82) is 0 Å². The average Bonchev–Trinajstić information content (AvgIpc) is 2.68. The Kier molecular flexibility index (Phi) is 7.52. The molecular weight excluding hydrogens is 378 g/mol. The first kappa shape index (κ1) is 22.1. The van der Waals surface area contributed by atoms with Crippen molar-refractivity contribution in [3.8, 4) is 11.5 Å². The minimum Gasteiger partial charge on any atom is -0.493 e. The summed E-state index contributed by atoms with van der Waals surface area (Å²) in [5.74, 6) is -0.975. The minimum atomic E-state index is -0.841. The summed E-state index contributed by atoms with van der Waals surface area (Å²) in [4.78, 5) is 25.4. The lowest BCUT2D eigenvalue weighted by Crippen LogP contribution is -2.30. The van der Waals surface area contributed by atoms with E-state index in [1.54, 1.807) is 39.0 Å². The highest BCUT2D eigenvalue weighted by Gasteiger charge is 2.40. The molecule has 2 rings (SSSR count). The van der Waals surface area contributed by atoms with E-state index in [4.69, 9.17) is 29.4 Å². The summed E-state index contributed by atoms with van der Waals surface area (Å²) in [5.41, 5.74) is 6.82. The molecule has 0 aromatic heterocycles. The highest BCUT2D eigenvalue weighted by atomic mass is 16.5. The van der Waals surface area contributed by atoms with Crippen LogP contribution in [0.25, 0.3) is 0 Å². The zero-order chi connectivity index (χ0) is 21.6. The van der Waals surface area contributed by atoms with Crippen molar-refractivity contribution in [1.82, 2.24) is 0 Å². The summed E-state index contributed by atoms with van der Waals surface area (Å²) in [6, 6.07) is 5.15. The number of esters is 2. The van der Waals surface area contributed by atoms with Gasteiger partial charge in [-0.3, -0.25) is 0 Å². The van der Waals surface area contributed by atoms with Crippen molar-refractivity contribution in [3.05, 3.63) is 46.6 Å². The molecule has 1 atom stereocenters. The van der Waals surface area contributed by atoms with Gasteiger partial charge in [-0.25, -0.2) is 9.59 Å². The van der Waals surface area contributed by atoms with Crippen molar-refractivity contribution in [2.75, 3.05) is 26.9 Å². The highest BCUT2D eigenvalue weighted by Crippen LogP contribution is 2.42. The Bertz CT molecular complexity index is 801. The van der Waals surface area contributed by atoms with E-state index in [-0.39, 0.29) is 36.0 Å². The topological polar surface area (TPSA) is 106 Å². The van der Waals surface area contributed by atoms with Gasteiger partial charge in [0.15, 0.2) is 11.5 Å². The zero-order valence-corrected chi connectivity index (χ0v) is 17.4. The summed E-state index contributed by atoms with van der Waals surface area (Å²) in [7, 11) is 1.51. The first-order valence-corrected chi connectivity index (χ1v) is 9.42. The van der Waals surface area contributed by atoms with E-state index < -0.39 is 17.9 Å². The van der Waals surface area contributed by atoms with Crippen LogP contribution < -0.4 is 15.2 Å². The number of benzene rings is 1. The number of ether oxygens (including phenoxy) is 5. The van der Waals surface area contributed by atoms with Gasteiger partial charge in [-0.15, -0.1) is 0 Å². The molecule has 0 fully saturated rings. The molecule has 29 heavy (non-hydrogen) atoms. The molecule has 0 amide bonds. The van der Waals surface area contributed by atoms with Gasteiger partial charge in [0, 0.05) is 0 Å². The molecule has 0 bridgehead atoms. The second-order valence-corrected chi connectivity index (χ2v) is 6.07. The fraction of sp³-hybridized carbons (Fsp3) is 0.429. The van der Waals surface area contributed by atoms with Crippen molar-refractivity contribution in [3.63, 3.8) is 0 Å². The molecule has 1 aromatic carbocycles. The smallest absolute Gasteiger partial charge is 0.340 e. The first-order chi connectivity index (χ1) is 13.9. The number of allylic oxidation sites excluding steroid dienone is 1. The lowest BCUT2D eigenvalue weighted by molar-refractivity contribution is -0.140. The van der Waals surface area contributed by atoms with Crippen molar-refractivity contribution in [2.45, 2.75) is 33.6 Å². The lowest BCUT2D eigenvalue weighted by Gasteiger charge is -2.29. The number of nitrogens with two attached hydrogens (primary N) is 1. The van der Waals surface area contributed by atoms with Gasteiger partial charge in [-0.1, -0.05) is 6.07 Å². The standard InChI is InChI=1S/C21H27NO7/c1-6-26-14-10-9-13(11-15(14)25-5)17-16(20(23)27-7-2)12(4)29-19(22)18(17)21(24)28-8-3/h9-11,17H,6-8,22H2,1-5H3/t17-/m0/s1. The van der Waals surface area contributed by atoms with Gasteiger partial charge in [0.25, 0.3) is 0 Å². The van der Waals surface area contributed by atoms with Gasteiger partial charge in [0.2, 0.25) is 5.88 Å². The summed E-state index contributed by atoms with van der Waals surface area (Å²) in [6.45, 7) is 7.61. The third-order valence-corrected chi connectivity index (χ3v) is 4.30. The van der Waals surface area contributed by atoms with Crippen LogP contribution in [0.5, 0.6) is 11.5 Å². The third-order valence-electron chi connectivity index (χ3n) is 4.30. The third kappa shape index (κ3) is 4.64. The molecule has 1 aliphatic rings. The van der Waals surface area contributed by atoms with Gasteiger partial charge in [0.05, 0.1) is 38.4 Å². The van der Waals surface area contributed by atoms with Crippen LogP contribution >= 0.6 is 0 Å². The molecule has 0 saturated carbocycles. The SMILES string of the molecule is CCOC(=O)C1=C(C)OC(N)=C(C(=O)OCC)[C@H]1c1ccc(OCC)c(OC)c1. The van der Waals surface area contributed by atoms with Crippen LogP contribution in [0.15, 0.2) is 41.0 Å². The second kappa shape index (κ2) is 9.86. The predicted octanol–water partition coefficient (Wildman–Crippen LogP) is 2.78. The van der Waals surface area contributed by atoms with Crippen LogP contribution in [0.4, 0.5) is 0 Å². The summed E-state index contributed by atoms with van der Waals surface area (Å²) >= 11 is 0. The Labute approximate surface area is 170 Å². The molecule has 0 unspecified atom stereocenters. The van der Waals surface area contributed by atoms with E-state index in [9.17, 15) is 9.59 Å². The predicted molar refractivity (Wildman–Crippen MR) is 105 cm³/mol. The molecule has 8 nitrogen and oxygen atoms in total. The Morgan fingerprint density at radius 3 is 2.17 bits per heavy atom. The van der Waals surface area contributed by atoms with E-state index in [0.717, 1.165) is 0 Å². The van der Waals surface area contributed by atoms with E-state index in [2.05, 4.69) is 0 Å². The molecular formula is C21H27NO7. The van der Waals surface area contributed by atoms with Gasteiger partial charge >= 0.3 is 11.9 Å². The maximum atomic E-state index is 12.7. The number of rotatable bonds is 8. The lowest BCUT2D eigenvalue weighted by atomic mass is 9.82. The number of carbonyl (C=O) groups excluding carboxylic acids is 2. The second-order valence-electron chi connectivity index (χ2n) is 6.07. The van der Waals surface area contributed by atoms with Gasteiger partial charge < -0.3 is 29.4 Å². The molecule has 0 spiro atoms. The first-order valence-electron chi connectivity index (χ1n) is 9.42. The Balaban J connectivity index is 2.67. The fourth-order valence-electron chi connectivity index (χ4n) is 3.13. The average molecular weight is 405 g/mol. The van der Waals surface area contributed by atoms with Crippen LogP contribution in [-0.2, 0) is 23.8 Å². The molecule has 2 N–H and O–H groups in total. The molecule has 1 heterocycles. The molecule has 8 heteroatoms. The molecule has 1 aliphatic heterocycles. The van der Waals surface area contributed by atoms with Crippen LogP contribution in [0.3, 0.4) is 0 Å².